The Bertz CT molecular complexity index is 2190. The fraction of sp³-hybridized carbons (Fsp3) is 0.548. The molecule has 11 nitrogen and oxygen atoms in total. The zero-order valence-electron chi connectivity index (χ0n) is 32.2. The SMILES string of the molecule is C#Cc1c(F)ccc2cc(O)cc(-c3nc(OC)c4c(N5CCOC[C@@](C)(O)C5)nc(OC[C@]56CCCC5N(C5C[C@@H](C)O[C@@H](C)C5)C[C@@H](F)C6)nc4c3F)c12. The van der Waals surface area contributed by atoms with E-state index in [9.17, 15) is 10.2 Å². The number of aromatic nitrogens is 3. The molecule has 2 unspecified atom stereocenters. The van der Waals surface area contributed by atoms with E-state index in [1.165, 1.54) is 31.4 Å². The first-order valence-corrected chi connectivity index (χ1v) is 19.4. The summed E-state index contributed by atoms with van der Waals surface area (Å²) in [5.74, 6) is 0.666. The quantitative estimate of drug-likeness (QED) is 0.205. The number of anilines is 1. The highest BCUT2D eigenvalue weighted by atomic mass is 19.1. The molecule has 8 rings (SSSR count). The molecule has 2 aromatic carbocycles. The molecule has 4 fully saturated rings. The van der Waals surface area contributed by atoms with E-state index in [-0.39, 0.29) is 114 Å². The minimum absolute atomic E-state index is 0.0274. The van der Waals surface area contributed by atoms with Crippen LogP contribution in [0, 0.1) is 29.4 Å². The van der Waals surface area contributed by atoms with Gasteiger partial charge in [-0.3, -0.25) is 4.90 Å². The second-order valence-corrected chi connectivity index (χ2v) is 16.4. The van der Waals surface area contributed by atoms with Crippen LogP contribution < -0.4 is 14.4 Å². The van der Waals surface area contributed by atoms with Crippen LogP contribution in [0.5, 0.6) is 17.6 Å². The molecule has 3 aliphatic heterocycles. The number of pyridine rings is 1. The maximum atomic E-state index is 17.4. The van der Waals surface area contributed by atoms with Crippen LogP contribution in [0.25, 0.3) is 32.9 Å². The minimum atomic E-state index is -1.29. The molecule has 2 N–H and O–H groups in total. The summed E-state index contributed by atoms with van der Waals surface area (Å²) in [7, 11) is 1.37. The van der Waals surface area contributed by atoms with Crippen LogP contribution in [0.1, 0.15) is 64.9 Å². The molecule has 0 bridgehead atoms. The first-order valence-electron chi connectivity index (χ1n) is 19.4. The zero-order valence-corrected chi connectivity index (χ0v) is 32.2. The van der Waals surface area contributed by atoms with Crippen molar-refractivity contribution >= 4 is 27.5 Å². The standard InChI is InChI=1S/C42H48F3N5O6/c1-6-29-31(44)10-9-25-16-28(51)17-30(33(25)29)36-35(45)37-34(39(46-36)53-5)38(49-12-13-54-21-41(4,52)20-49)48-40(47-37)55-22-42-11-7-8-32(42)50(19-26(43)18-42)27-14-23(2)56-24(3)15-27/h1,9-10,16-17,23-24,26-27,32,51-52H,7-8,11-15,18-22H2,2-5H3/t23-,24+,26-,27?,32?,41-,42+/m0/s1. The molecule has 0 spiro atoms. The fourth-order valence-electron chi connectivity index (χ4n) is 9.88. The molecule has 1 aliphatic carbocycles. The zero-order chi connectivity index (χ0) is 39.5. The van der Waals surface area contributed by atoms with Crippen LogP contribution in [-0.2, 0) is 9.47 Å². The van der Waals surface area contributed by atoms with E-state index >= 15 is 13.2 Å². The van der Waals surface area contributed by atoms with Gasteiger partial charge in [-0.1, -0.05) is 18.4 Å². The number of benzene rings is 2. The van der Waals surface area contributed by atoms with E-state index in [4.69, 9.17) is 30.4 Å². The third-order valence-corrected chi connectivity index (χ3v) is 12.0. The van der Waals surface area contributed by atoms with E-state index in [1.807, 2.05) is 0 Å². The lowest BCUT2D eigenvalue weighted by Gasteiger charge is -2.52. The molecule has 1 saturated carbocycles. The van der Waals surface area contributed by atoms with Crippen LogP contribution in [0.15, 0.2) is 24.3 Å². The number of ether oxygens (including phenoxy) is 4. The van der Waals surface area contributed by atoms with E-state index in [0.717, 1.165) is 32.1 Å². The number of halogens is 3. The smallest absolute Gasteiger partial charge is 0.319 e. The number of nitrogens with zero attached hydrogens (tertiary/aromatic N) is 5. The van der Waals surface area contributed by atoms with Gasteiger partial charge in [-0.05, 0) is 76.5 Å². The highest BCUT2D eigenvalue weighted by Crippen LogP contribution is 2.51. The lowest BCUT2D eigenvalue weighted by Crippen LogP contribution is -2.60. The summed E-state index contributed by atoms with van der Waals surface area (Å²) in [6.45, 7) is 6.90. The Kier molecular flexibility index (Phi) is 10.2. The number of aliphatic hydroxyl groups is 1. The van der Waals surface area contributed by atoms with Crippen LogP contribution in [0.4, 0.5) is 19.0 Å². The van der Waals surface area contributed by atoms with Gasteiger partial charge in [-0.2, -0.15) is 9.97 Å². The van der Waals surface area contributed by atoms with Gasteiger partial charge in [0.05, 0.1) is 51.2 Å². The second-order valence-electron chi connectivity index (χ2n) is 16.4. The van der Waals surface area contributed by atoms with Gasteiger partial charge in [-0.25, -0.2) is 18.2 Å². The molecular formula is C42H48F3N5O6. The van der Waals surface area contributed by atoms with Crippen molar-refractivity contribution < 1.29 is 42.3 Å². The summed E-state index contributed by atoms with van der Waals surface area (Å²) in [4.78, 5) is 18.1. The van der Waals surface area contributed by atoms with E-state index < -0.39 is 28.8 Å². The average Bonchev–Trinajstić information content (AvgIpc) is 3.48. The first kappa shape index (κ1) is 38.5. The topological polar surface area (TPSA) is 123 Å². The number of rotatable bonds is 7. The number of likely N-dealkylation sites (tertiary alicyclic amines) is 1. The van der Waals surface area contributed by atoms with E-state index in [2.05, 4.69) is 34.6 Å². The molecule has 56 heavy (non-hydrogen) atoms. The van der Waals surface area contributed by atoms with Crippen LogP contribution in [-0.4, -0.2) is 113 Å². The van der Waals surface area contributed by atoms with E-state index in [1.54, 1.807) is 11.8 Å². The highest BCUT2D eigenvalue weighted by molar-refractivity contribution is 6.04. The summed E-state index contributed by atoms with van der Waals surface area (Å²) < 4.78 is 72.3. The number of piperidine rings is 1. The van der Waals surface area contributed by atoms with Crippen molar-refractivity contribution in [1.29, 1.82) is 0 Å². The van der Waals surface area contributed by atoms with Gasteiger partial charge >= 0.3 is 6.01 Å². The van der Waals surface area contributed by atoms with Gasteiger partial charge in [0.2, 0.25) is 5.88 Å². The highest BCUT2D eigenvalue weighted by Gasteiger charge is 2.53. The fourth-order valence-corrected chi connectivity index (χ4v) is 9.88. The number of phenolic OH excluding ortho intramolecular Hbond substituents is 1. The molecule has 7 atom stereocenters. The number of hydrogen-bond acceptors (Lipinski definition) is 11. The van der Waals surface area contributed by atoms with Crippen LogP contribution in [0.2, 0.25) is 0 Å². The number of methoxy groups -OCH3 is 1. The Hall–Kier alpha value is -4.42. The van der Waals surface area contributed by atoms with Crippen molar-refractivity contribution in [2.75, 3.05) is 51.5 Å². The maximum absolute atomic E-state index is 17.4. The molecular weight excluding hydrogens is 727 g/mol. The Labute approximate surface area is 324 Å². The van der Waals surface area contributed by atoms with Crippen LogP contribution >= 0.6 is 0 Å². The molecule has 4 aromatic rings. The molecule has 0 radical (unpaired) electrons. The number of β-amino-alcohol motifs (C(OH)–C–C–N with tert-alkyl or cyclic N) is 1. The van der Waals surface area contributed by atoms with Gasteiger partial charge in [-0.15, -0.1) is 6.42 Å². The number of hydrogen-bond donors (Lipinski definition) is 2. The predicted molar refractivity (Wildman–Crippen MR) is 205 cm³/mol. The van der Waals surface area contributed by atoms with Crippen LogP contribution in [0.3, 0.4) is 0 Å². The van der Waals surface area contributed by atoms with Crippen molar-refractivity contribution in [2.45, 2.75) is 95.4 Å². The van der Waals surface area contributed by atoms with E-state index in [0.29, 0.717) is 18.4 Å². The summed E-state index contributed by atoms with van der Waals surface area (Å²) >= 11 is 0. The third kappa shape index (κ3) is 6.97. The molecule has 4 aliphatic rings. The van der Waals surface area contributed by atoms with Gasteiger partial charge < -0.3 is 34.1 Å². The van der Waals surface area contributed by atoms with Crippen molar-refractivity contribution in [3.63, 3.8) is 0 Å². The number of fused-ring (bicyclic) bond motifs is 3. The number of alkyl halides is 1. The van der Waals surface area contributed by atoms with Gasteiger partial charge in [0, 0.05) is 41.5 Å². The Morgan fingerprint density at radius 1 is 1.11 bits per heavy atom. The van der Waals surface area contributed by atoms with Crippen molar-refractivity contribution in [3.05, 3.63) is 41.5 Å². The Balaban J connectivity index is 1.26. The van der Waals surface area contributed by atoms with Gasteiger partial charge in [0.15, 0.2) is 5.82 Å². The third-order valence-electron chi connectivity index (χ3n) is 12.0. The summed E-state index contributed by atoms with van der Waals surface area (Å²) in [6, 6.07) is 5.41. The number of aromatic hydroxyl groups is 1. The molecule has 298 valence electrons. The van der Waals surface area contributed by atoms with Gasteiger partial charge in [0.25, 0.3) is 0 Å². The maximum Gasteiger partial charge on any atom is 0.319 e. The largest absolute Gasteiger partial charge is 0.508 e. The molecule has 3 saturated heterocycles. The van der Waals surface area contributed by atoms with Crippen molar-refractivity contribution in [3.8, 4) is 41.2 Å². The number of terminal acetylenes is 1. The molecule has 0 amide bonds. The molecule has 14 heteroatoms. The van der Waals surface area contributed by atoms with Crippen molar-refractivity contribution in [1.82, 2.24) is 19.9 Å². The first-order chi connectivity index (χ1) is 26.8. The summed E-state index contributed by atoms with van der Waals surface area (Å²) in [6.07, 6.45) is 9.39. The molecule has 2 aromatic heterocycles. The lowest BCUT2D eigenvalue weighted by atomic mass is 9.73. The predicted octanol–water partition coefficient (Wildman–Crippen LogP) is 6.32. The molecule has 5 heterocycles. The average molecular weight is 776 g/mol. The second kappa shape index (κ2) is 14.8. The van der Waals surface area contributed by atoms with Crippen molar-refractivity contribution in [2.24, 2.45) is 5.41 Å². The normalized spacial score (nSPS) is 29.9. The van der Waals surface area contributed by atoms with Gasteiger partial charge in [0.1, 0.15) is 45.8 Å². The monoisotopic (exact) mass is 775 g/mol. The Morgan fingerprint density at radius 3 is 2.64 bits per heavy atom. The summed E-state index contributed by atoms with van der Waals surface area (Å²) in [5.41, 5.74) is -2.43. The number of phenols is 1. The lowest BCUT2D eigenvalue weighted by molar-refractivity contribution is -0.110. The Morgan fingerprint density at radius 2 is 1.89 bits per heavy atom. The minimum Gasteiger partial charge on any atom is -0.508 e. The summed E-state index contributed by atoms with van der Waals surface area (Å²) in [5, 5.41) is 22.6.